The molecular formula is C11H12FN3. The second kappa shape index (κ2) is 4.23. The molecule has 2 rings (SSSR count). The normalized spacial score (nSPS) is 10.5. The molecule has 15 heavy (non-hydrogen) atoms. The topological polar surface area (TPSA) is 43.8 Å². The molecule has 3 nitrogen and oxygen atoms in total. The van der Waals surface area contributed by atoms with Crippen LogP contribution in [0.4, 0.5) is 4.39 Å². The van der Waals surface area contributed by atoms with Gasteiger partial charge in [-0.05, 0) is 30.3 Å². The summed E-state index contributed by atoms with van der Waals surface area (Å²) < 4.78 is 14.5. The summed E-state index contributed by atoms with van der Waals surface area (Å²) in [6.45, 7) is 1.26. The van der Waals surface area contributed by atoms with E-state index in [-0.39, 0.29) is 5.82 Å². The number of halogens is 1. The molecule has 4 heteroatoms. The summed E-state index contributed by atoms with van der Waals surface area (Å²) in [6, 6.07) is 8.17. The fourth-order valence-corrected chi connectivity index (χ4v) is 1.39. The Bertz CT molecular complexity index is 433. The Morgan fingerprint density at radius 1 is 1.20 bits per heavy atom. The van der Waals surface area contributed by atoms with E-state index in [1.54, 1.807) is 16.8 Å². The molecule has 0 spiro atoms. The molecule has 0 saturated heterocycles. The molecule has 1 heterocycles. The lowest BCUT2D eigenvalue weighted by Gasteiger charge is -1.97. The van der Waals surface area contributed by atoms with Crippen molar-refractivity contribution in [1.82, 2.24) is 9.78 Å². The van der Waals surface area contributed by atoms with Crippen molar-refractivity contribution in [2.45, 2.75) is 6.54 Å². The third kappa shape index (κ3) is 2.22. The highest BCUT2D eigenvalue weighted by Gasteiger charge is 2.01. The van der Waals surface area contributed by atoms with Gasteiger partial charge in [0.25, 0.3) is 0 Å². The van der Waals surface area contributed by atoms with Gasteiger partial charge in [-0.1, -0.05) is 0 Å². The molecule has 2 aromatic rings. The standard InChI is InChI=1S/C11H12FN3/c12-10-3-1-9(2-4-10)11-5-7-15(14-11)8-6-13/h1-5,7H,6,8,13H2. The van der Waals surface area contributed by atoms with E-state index in [1.807, 2.05) is 12.3 Å². The third-order valence-corrected chi connectivity index (χ3v) is 2.14. The second-order valence-corrected chi connectivity index (χ2v) is 3.26. The lowest BCUT2D eigenvalue weighted by atomic mass is 10.1. The minimum atomic E-state index is -0.236. The predicted molar refractivity (Wildman–Crippen MR) is 56.7 cm³/mol. The van der Waals surface area contributed by atoms with E-state index in [9.17, 15) is 4.39 Å². The predicted octanol–water partition coefficient (Wildman–Crippen LogP) is 1.65. The van der Waals surface area contributed by atoms with Gasteiger partial charge in [-0.25, -0.2) is 4.39 Å². The molecule has 1 aromatic carbocycles. The molecule has 0 aliphatic heterocycles. The van der Waals surface area contributed by atoms with Crippen molar-refractivity contribution in [3.05, 3.63) is 42.3 Å². The maximum atomic E-state index is 12.7. The zero-order chi connectivity index (χ0) is 10.7. The van der Waals surface area contributed by atoms with Gasteiger partial charge in [0.1, 0.15) is 5.82 Å². The van der Waals surface area contributed by atoms with Crippen molar-refractivity contribution in [2.24, 2.45) is 5.73 Å². The van der Waals surface area contributed by atoms with Crippen LogP contribution in [0.2, 0.25) is 0 Å². The van der Waals surface area contributed by atoms with Crippen LogP contribution >= 0.6 is 0 Å². The van der Waals surface area contributed by atoms with Crippen LogP contribution < -0.4 is 5.73 Å². The van der Waals surface area contributed by atoms with Gasteiger partial charge in [0.2, 0.25) is 0 Å². The molecular weight excluding hydrogens is 193 g/mol. The van der Waals surface area contributed by atoms with Crippen LogP contribution in [-0.2, 0) is 6.54 Å². The average molecular weight is 205 g/mol. The number of nitrogens with zero attached hydrogens (tertiary/aromatic N) is 2. The highest BCUT2D eigenvalue weighted by atomic mass is 19.1. The van der Waals surface area contributed by atoms with E-state index >= 15 is 0 Å². The molecule has 1 aromatic heterocycles. The van der Waals surface area contributed by atoms with Crippen LogP contribution in [0, 0.1) is 5.82 Å². The van der Waals surface area contributed by atoms with Crippen LogP contribution in [-0.4, -0.2) is 16.3 Å². The molecule has 78 valence electrons. The number of hydrogen-bond acceptors (Lipinski definition) is 2. The van der Waals surface area contributed by atoms with Crippen LogP contribution in [0.25, 0.3) is 11.3 Å². The van der Waals surface area contributed by atoms with E-state index in [4.69, 9.17) is 5.73 Å². The summed E-state index contributed by atoms with van der Waals surface area (Å²) in [5.74, 6) is -0.236. The van der Waals surface area contributed by atoms with Gasteiger partial charge >= 0.3 is 0 Å². The highest BCUT2D eigenvalue weighted by molar-refractivity contribution is 5.58. The van der Waals surface area contributed by atoms with Crippen molar-refractivity contribution >= 4 is 0 Å². The molecule has 0 fully saturated rings. The van der Waals surface area contributed by atoms with Crippen molar-refractivity contribution in [1.29, 1.82) is 0 Å². The SMILES string of the molecule is NCCn1ccc(-c2ccc(F)cc2)n1. The summed E-state index contributed by atoms with van der Waals surface area (Å²) in [5.41, 5.74) is 7.16. The first-order valence-corrected chi connectivity index (χ1v) is 4.79. The lowest BCUT2D eigenvalue weighted by Crippen LogP contribution is -2.09. The van der Waals surface area contributed by atoms with Crippen molar-refractivity contribution < 1.29 is 4.39 Å². The highest BCUT2D eigenvalue weighted by Crippen LogP contribution is 2.16. The van der Waals surface area contributed by atoms with Gasteiger partial charge in [0.15, 0.2) is 0 Å². The third-order valence-electron chi connectivity index (χ3n) is 2.14. The van der Waals surface area contributed by atoms with Gasteiger partial charge in [0, 0.05) is 18.3 Å². The second-order valence-electron chi connectivity index (χ2n) is 3.26. The maximum absolute atomic E-state index is 12.7. The number of nitrogens with two attached hydrogens (primary N) is 1. The monoisotopic (exact) mass is 205 g/mol. The van der Waals surface area contributed by atoms with Crippen LogP contribution in [0.15, 0.2) is 36.5 Å². The van der Waals surface area contributed by atoms with Crippen LogP contribution in [0.3, 0.4) is 0 Å². The Kier molecular flexibility index (Phi) is 2.78. The molecule has 0 amide bonds. The van der Waals surface area contributed by atoms with Gasteiger partial charge in [0.05, 0.1) is 12.2 Å². The van der Waals surface area contributed by atoms with E-state index in [1.165, 1.54) is 12.1 Å². The van der Waals surface area contributed by atoms with Gasteiger partial charge in [-0.3, -0.25) is 4.68 Å². The number of hydrogen-bond donors (Lipinski definition) is 1. The summed E-state index contributed by atoms with van der Waals surface area (Å²) in [7, 11) is 0. The Hall–Kier alpha value is -1.68. The number of rotatable bonds is 3. The summed E-state index contributed by atoms with van der Waals surface area (Å²) in [6.07, 6.45) is 1.87. The Balaban J connectivity index is 2.25. The fourth-order valence-electron chi connectivity index (χ4n) is 1.39. The van der Waals surface area contributed by atoms with Gasteiger partial charge < -0.3 is 5.73 Å². The zero-order valence-corrected chi connectivity index (χ0v) is 8.23. The van der Waals surface area contributed by atoms with Crippen molar-refractivity contribution in [2.75, 3.05) is 6.54 Å². The molecule has 0 atom stereocenters. The Morgan fingerprint density at radius 2 is 1.93 bits per heavy atom. The zero-order valence-electron chi connectivity index (χ0n) is 8.23. The first-order valence-electron chi connectivity index (χ1n) is 4.79. The smallest absolute Gasteiger partial charge is 0.123 e. The largest absolute Gasteiger partial charge is 0.329 e. The van der Waals surface area contributed by atoms with E-state index in [0.29, 0.717) is 13.1 Å². The van der Waals surface area contributed by atoms with Crippen LogP contribution in [0.1, 0.15) is 0 Å². The summed E-state index contributed by atoms with van der Waals surface area (Å²) in [4.78, 5) is 0. The first-order chi connectivity index (χ1) is 7.29. The van der Waals surface area contributed by atoms with Gasteiger partial charge in [-0.2, -0.15) is 5.10 Å². The van der Waals surface area contributed by atoms with E-state index in [0.717, 1.165) is 11.3 Å². The molecule has 0 aliphatic rings. The van der Waals surface area contributed by atoms with Crippen LogP contribution in [0.5, 0.6) is 0 Å². The van der Waals surface area contributed by atoms with E-state index < -0.39 is 0 Å². The molecule has 0 aliphatic carbocycles. The van der Waals surface area contributed by atoms with Crippen molar-refractivity contribution in [3.8, 4) is 11.3 Å². The molecule has 0 unspecified atom stereocenters. The molecule has 0 saturated carbocycles. The van der Waals surface area contributed by atoms with E-state index in [2.05, 4.69) is 5.10 Å². The maximum Gasteiger partial charge on any atom is 0.123 e. The van der Waals surface area contributed by atoms with Crippen molar-refractivity contribution in [3.63, 3.8) is 0 Å². The number of benzene rings is 1. The first kappa shape index (κ1) is 9.86. The summed E-state index contributed by atoms with van der Waals surface area (Å²) >= 11 is 0. The lowest BCUT2D eigenvalue weighted by molar-refractivity contribution is 0.625. The quantitative estimate of drug-likeness (QED) is 0.828. The van der Waals surface area contributed by atoms with Gasteiger partial charge in [-0.15, -0.1) is 0 Å². The minimum absolute atomic E-state index is 0.236. The molecule has 0 bridgehead atoms. The molecule has 0 radical (unpaired) electrons. The fraction of sp³-hybridized carbons (Fsp3) is 0.182. The average Bonchev–Trinajstić information content (AvgIpc) is 2.68. The Morgan fingerprint density at radius 3 is 2.60 bits per heavy atom. The Labute approximate surface area is 87.3 Å². The minimum Gasteiger partial charge on any atom is -0.329 e. The molecule has 2 N–H and O–H groups in total. The number of aromatic nitrogens is 2. The summed E-state index contributed by atoms with van der Waals surface area (Å²) in [5, 5.41) is 4.31.